The molecule has 0 atom stereocenters. The average molecular weight is 710 g/mol. The van der Waals surface area contributed by atoms with Crippen molar-refractivity contribution in [3.05, 3.63) is 0 Å². The van der Waals surface area contributed by atoms with Crippen LogP contribution >= 0.6 is 0 Å². The van der Waals surface area contributed by atoms with E-state index >= 15 is 0 Å². The van der Waals surface area contributed by atoms with E-state index in [2.05, 4.69) is 39.9 Å². The van der Waals surface area contributed by atoms with Crippen molar-refractivity contribution in [1.82, 2.24) is 5.32 Å². The van der Waals surface area contributed by atoms with E-state index in [4.69, 9.17) is 9.47 Å². The number of carbonyl (C=O) groups is 2. The molecule has 5 nitrogen and oxygen atoms in total. The molecule has 0 saturated heterocycles. The molecule has 0 bridgehead atoms. The first-order chi connectivity index (χ1) is 24.5. The van der Waals surface area contributed by atoms with Crippen molar-refractivity contribution in [1.29, 1.82) is 0 Å². The first-order valence-electron chi connectivity index (χ1n) is 22.6. The molecule has 0 aliphatic heterocycles. The largest absolute Gasteiger partial charge is 0.466 e. The molecule has 0 radical (unpaired) electrons. The van der Waals surface area contributed by atoms with Crippen LogP contribution in [0.2, 0.25) is 0 Å². The van der Waals surface area contributed by atoms with Crippen molar-refractivity contribution in [2.75, 3.05) is 19.7 Å². The summed E-state index contributed by atoms with van der Waals surface area (Å²) in [6.45, 7) is 13.7. The standard InChI is InChI=1S/C42H83NO4.C3H8/c1-4-7-10-13-16-17-18-24-32-39-46-41(44)35-29-25-31-38-43-37-30-23-19-22-28-36-42(45)47-40(33-26-20-14-11-8-5-2)34-27-21-15-12-9-6-3;1-3-2/h40,43H,4-39H2,1-3H3;3H2,1-2H3. The van der Waals surface area contributed by atoms with Crippen LogP contribution in [0, 0.1) is 0 Å². The summed E-state index contributed by atoms with van der Waals surface area (Å²) < 4.78 is 11.4. The van der Waals surface area contributed by atoms with E-state index < -0.39 is 0 Å². The number of nitrogens with one attached hydrogen (secondary N) is 1. The minimum Gasteiger partial charge on any atom is -0.466 e. The highest BCUT2D eigenvalue weighted by atomic mass is 16.5. The fraction of sp³-hybridized carbons (Fsp3) is 0.956. The molecule has 0 saturated carbocycles. The third kappa shape index (κ3) is 44.9. The van der Waals surface area contributed by atoms with Crippen molar-refractivity contribution < 1.29 is 19.1 Å². The predicted octanol–water partition coefficient (Wildman–Crippen LogP) is 14.4. The smallest absolute Gasteiger partial charge is 0.306 e. The van der Waals surface area contributed by atoms with Gasteiger partial charge in [-0.15, -0.1) is 0 Å². The molecule has 0 aromatic heterocycles. The normalized spacial score (nSPS) is 11.1. The number of hydrogen-bond acceptors (Lipinski definition) is 5. The SMILES string of the molecule is CCC.CCCCCCCCCCCOC(=O)CCCCCNCCCCCCCC(=O)OC(CCCCCCCC)CCCCCCCC. The average Bonchev–Trinajstić information content (AvgIpc) is 3.10. The topological polar surface area (TPSA) is 64.6 Å². The van der Waals surface area contributed by atoms with Crippen molar-refractivity contribution in [3.8, 4) is 0 Å². The first-order valence-corrected chi connectivity index (χ1v) is 22.6. The van der Waals surface area contributed by atoms with E-state index in [0.29, 0.717) is 19.4 Å². The second-order valence-electron chi connectivity index (χ2n) is 15.1. The molecular formula is C45H91NO4. The molecule has 0 amide bonds. The summed E-state index contributed by atoms with van der Waals surface area (Å²) in [5, 5.41) is 3.55. The van der Waals surface area contributed by atoms with E-state index in [9.17, 15) is 9.59 Å². The van der Waals surface area contributed by atoms with E-state index in [0.717, 1.165) is 64.5 Å². The third-order valence-electron chi connectivity index (χ3n) is 9.54. The van der Waals surface area contributed by atoms with Crippen LogP contribution in [0.15, 0.2) is 0 Å². The lowest BCUT2D eigenvalue weighted by Crippen LogP contribution is -2.18. The molecule has 0 spiro atoms. The summed E-state index contributed by atoms with van der Waals surface area (Å²) in [5.41, 5.74) is 0. The van der Waals surface area contributed by atoms with E-state index in [-0.39, 0.29) is 18.0 Å². The molecule has 5 heteroatoms. The van der Waals surface area contributed by atoms with E-state index in [1.807, 2.05) is 0 Å². The van der Waals surface area contributed by atoms with Gasteiger partial charge in [-0.1, -0.05) is 182 Å². The number of hydrogen-bond donors (Lipinski definition) is 1. The van der Waals surface area contributed by atoms with Gasteiger partial charge in [-0.25, -0.2) is 0 Å². The van der Waals surface area contributed by atoms with Crippen molar-refractivity contribution in [3.63, 3.8) is 0 Å². The van der Waals surface area contributed by atoms with E-state index in [1.54, 1.807) is 0 Å². The van der Waals surface area contributed by atoms with Crippen LogP contribution in [0.5, 0.6) is 0 Å². The summed E-state index contributed by atoms with van der Waals surface area (Å²) in [6, 6.07) is 0. The Balaban J connectivity index is 0. The van der Waals surface area contributed by atoms with Crippen LogP contribution in [0.4, 0.5) is 0 Å². The maximum Gasteiger partial charge on any atom is 0.306 e. The monoisotopic (exact) mass is 710 g/mol. The molecule has 0 aromatic carbocycles. The van der Waals surface area contributed by atoms with Crippen molar-refractivity contribution in [2.24, 2.45) is 0 Å². The number of ether oxygens (including phenoxy) is 2. The predicted molar refractivity (Wildman–Crippen MR) is 219 cm³/mol. The van der Waals surface area contributed by atoms with Crippen LogP contribution in [-0.2, 0) is 19.1 Å². The van der Waals surface area contributed by atoms with Gasteiger partial charge in [0, 0.05) is 12.8 Å². The summed E-state index contributed by atoms with van der Waals surface area (Å²) in [6.07, 6.45) is 40.5. The van der Waals surface area contributed by atoms with Gasteiger partial charge in [0.1, 0.15) is 6.10 Å². The second kappa shape index (κ2) is 45.9. The minimum absolute atomic E-state index is 0.0214. The fourth-order valence-electron chi connectivity index (χ4n) is 6.35. The number of rotatable bonds is 39. The highest BCUT2D eigenvalue weighted by Crippen LogP contribution is 2.18. The Bertz CT molecular complexity index is 639. The van der Waals surface area contributed by atoms with Gasteiger partial charge in [0.05, 0.1) is 6.61 Å². The highest BCUT2D eigenvalue weighted by molar-refractivity contribution is 5.69. The van der Waals surface area contributed by atoms with Crippen LogP contribution in [0.1, 0.15) is 253 Å². The van der Waals surface area contributed by atoms with Gasteiger partial charge in [-0.3, -0.25) is 9.59 Å². The maximum atomic E-state index is 12.6. The van der Waals surface area contributed by atoms with Gasteiger partial charge in [0.25, 0.3) is 0 Å². The Morgan fingerprint density at radius 3 is 1.22 bits per heavy atom. The molecular weight excluding hydrogens is 618 g/mol. The zero-order valence-corrected chi connectivity index (χ0v) is 34.9. The molecule has 300 valence electrons. The van der Waals surface area contributed by atoms with Gasteiger partial charge in [-0.2, -0.15) is 0 Å². The third-order valence-corrected chi connectivity index (χ3v) is 9.54. The molecule has 50 heavy (non-hydrogen) atoms. The molecule has 0 fully saturated rings. The number of esters is 2. The minimum atomic E-state index is -0.0214. The zero-order valence-electron chi connectivity index (χ0n) is 34.9. The Labute approximate surface area is 314 Å². The van der Waals surface area contributed by atoms with Crippen molar-refractivity contribution >= 4 is 11.9 Å². The maximum absolute atomic E-state index is 12.6. The summed E-state index contributed by atoms with van der Waals surface area (Å²) >= 11 is 0. The van der Waals surface area contributed by atoms with Crippen LogP contribution in [0.25, 0.3) is 0 Å². The molecule has 0 heterocycles. The van der Waals surface area contributed by atoms with E-state index in [1.165, 1.54) is 154 Å². The molecule has 0 aliphatic carbocycles. The van der Waals surface area contributed by atoms with Crippen LogP contribution in [-0.4, -0.2) is 37.7 Å². The van der Waals surface area contributed by atoms with Crippen molar-refractivity contribution in [2.45, 2.75) is 259 Å². The second-order valence-corrected chi connectivity index (χ2v) is 15.1. The lowest BCUT2D eigenvalue weighted by Gasteiger charge is -2.18. The molecule has 0 aromatic rings. The first kappa shape index (κ1) is 51.0. The Morgan fingerprint density at radius 2 is 0.760 bits per heavy atom. The summed E-state index contributed by atoms with van der Waals surface area (Å²) in [4.78, 5) is 24.5. The zero-order chi connectivity index (χ0) is 37.0. The quantitative estimate of drug-likeness (QED) is 0.0508. The fourth-order valence-corrected chi connectivity index (χ4v) is 6.35. The number of carbonyl (C=O) groups excluding carboxylic acids is 2. The molecule has 0 aliphatic rings. The summed E-state index contributed by atoms with van der Waals surface area (Å²) in [7, 11) is 0. The van der Waals surface area contributed by atoms with Crippen LogP contribution < -0.4 is 5.32 Å². The Kier molecular flexibility index (Phi) is 46.8. The highest BCUT2D eigenvalue weighted by Gasteiger charge is 2.14. The van der Waals surface area contributed by atoms with Gasteiger partial charge < -0.3 is 14.8 Å². The molecule has 0 rings (SSSR count). The van der Waals surface area contributed by atoms with Gasteiger partial charge in [0.2, 0.25) is 0 Å². The molecule has 1 N–H and O–H groups in total. The molecule has 0 unspecified atom stereocenters. The van der Waals surface area contributed by atoms with Gasteiger partial charge in [0.15, 0.2) is 0 Å². The Morgan fingerprint density at radius 1 is 0.420 bits per heavy atom. The lowest BCUT2D eigenvalue weighted by molar-refractivity contribution is -0.150. The van der Waals surface area contributed by atoms with Crippen LogP contribution in [0.3, 0.4) is 0 Å². The van der Waals surface area contributed by atoms with Gasteiger partial charge >= 0.3 is 11.9 Å². The lowest BCUT2D eigenvalue weighted by atomic mass is 10.0. The van der Waals surface area contributed by atoms with Gasteiger partial charge in [-0.05, 0) is 70.9 Å². The summed E-state index contributed by atoms with van der Waals surface area (Å²) in [5.74, 6) is 0.00707. The Hall–Kier alpha value is -1.10. The number of unbranched alkanes of at least 4 members (excludes halogenated alkanes) is 24.